The van der Waals surface area contributed by atoms with E-state index in [-0.39, 0.29) is 0 Å². The third-order valence-electron chi connectivity index (χ3n) is 1.20. The summed E-state index contributed by atoms with van der Waals surface area (Å²) in [5, 5.41) is 3.59. The van der Waals surface area contributed by atoms with Crippen molar-refractivity contribution >= 4 is 12.2 Å². The molecule has 0 rings (SSSR count). The first kappa shape index (κ1) is 9.94. The first-order chi connectivity index (χ1) is 5.27. The molecule has 0 aromatic rings. The maximum atomic E-state index is 10.1. The van der Waals surface area contributed by atoms with Crippen molar-refractivity contribution in [3.8, 4) is 0 Å². The molecule has 0 spiro atoms. The average Bonchev–Trinajstić information content (AvgIpc) is 1.96. The predicted molar refractivity (Wildman–Crippen MR) is 45.4 cm³/mol. The number of unbranched alkanes of at least 4 members (excludes halogenated alkanes) is 3. The predicted octanol–water partition coefficient (Wildman–Crippen LogP) is 1.22. The summed E-state index contributed by atoms with van der Waals surface area (Å²) >= 11 is 0. The Kier molecular flexibility index (Phi) is 6.37. The number of carbonyl (C=O) groups is 1. The highest BCUT2D eigenvalue weighted by Crippen LogP contribution is 1.95. The van der Waals surface area contributed by atoms with E-state index in [2.05, 4.69) is 17.5 Å². The van der Waals surface area contributed by atoms with Crippen LogP contribution < -0.4 is 11.2 Å². The van der Waals surface area contributed by atoms with Crippen molar-refractivity contribution in [1.82, 2.24) is 5.43 Å². The van der Waals surface area contributed by atoms with Crippen LogP contribution in [0, 0.1) is 0 Å². The van der Waals surface area contributed by atoms with Crippen molar-refractivity contribution in [3.63, 3.8) is 0 Å². The molecule has 3 N–H and O–H groups in total. The van der Waals surface area contributed by atoms with E-state index in [9.17, 15) is 4.79 Å². The first-order valence-corrected chi connectivity index (χ1v) is 3.84. The molecule has 11 heavy (non-hydrogen) atoms. The summed E-state index contributed by atoms with van der Waals surface area (Å²) in [5.74, 6) is 0. The number of nitrogens with one attached hydrogen (secondary N) is 1. The summed E-state index contributed by atoms with van der Waals surface area (Å²) < 4.78 is 0. The molecule has 0 saturated carbocycles. The Bertz CT molecular complexity index is 134. The third kappa shape index (κ3) is 8.94. The number of amides is 2. The number of nitrogens with two attached hydrogens (primary N) is 1. The number of carbonyl (C=O) groups excluding carboxylic acids is 1. The molecule has 0 aliphatic heterocycles. The van der Waals surface area contributed by atoms with E-state index in [4.69, 9.17) is 5.73 Å². The molecule has 4 nitrogen and oxygen atoms in total. The Morgan fingerprint density at radius 1 is 1.64 bits per heavy atom. The van der Waals surface area contributed by atoms with Crippen molar-refractivity contribution in [2.24, 2.45) is 10.8 Å². The molecule has 0 unspecified atom stereocenters. The van der Waals surface area contributed by atoms with Crippen molar-refractivity contribution < 1.29 is 4.79 Å². The molecule has 2 amide bonds. The van der Waals surface area contributed by atoms with Crippen molar-refractivity contribution in [3.05, 3.63) is 0 Å². The van der Waals surface area contributed by atoms with Gasteiger partial charge in [0.15, 0.2) is 0 Å². The molecule has 4 heteroatoms. The second-order valence-corrected chi connectivity index (χ2v) is 2.28. The van der Waals surface area contributed by atoms with E-state index in [1.807, 2.05) is 0 Å². The van der Waals surface area contributed by atoms with Crippen molar-refractivity contribution in [1.29, 1.82) is 0 Å². The lowest BCUT2D eigenvalue weighted by atomic mass is 10.2. The molecular weight excluding hydrogens is 142 g/mol. The molecule has 0 aliphatic rings. The molecule has 0 saturated heterocycles. The van der Waals surface area contributed by atoms with Crippen LogP contribution in [0.25, 0.3) is 0 Å². The van der Waals surface area contributed by atoms with Crippen LogP contribution >= 0.6 is 0 Å². The van der Waals surface area contributed by atoms with Gasteiger partial charge in [0.2, 0.25) is 0 Å². The van der Waals surface area contributed by atoms with Gasteiger partial charge in [-0.15, -0.1) is 0 Å². The summed E-state index contributed by atoms with van der Waals surface area (Å²) in [7, 11) is 0. The molecule has 0 aromatic carbocycles. The van der Waals surface area contributed by atoms with Crippen molar-refractivity contribution in [2.45, 2.75) is 32.6 Å². The number of urea groups is 1. The second-order valence-electron chi connectivity index (χ2n) is 2.28. The van der Waals surface area contributed by atoms with E-state index < -0.39 is 6.03 Å². The zero-order valence-electron chi connectivity index (χ0n) is 6.84. The van der Waals surface area contributed by atoms with Gasteiger partial charge < -0.3 is 5.73 Å². The largest absolute Gasteiger partial charge is 0.350 e. The highest BCUT2D eigenvalue weighted by molar-refractivity contribution is 5.72. The van der Waals surface area contributed by atoms with E-state index in [0.717, 1.165) is 12.8 Å². The zero-order valence-corrected chi connectivity index (χ0v) is 6.84. The summed E-state index contributed by atoms with van der Waals surface area (Å²) in [5.41, 5.74) is 6.90. The molecule has 0 radical (unpaired) electrons. The van der Waals surface area contributed by atoms with Gasteiger partial charge in [-0.25, -0.2) is 10.2 Å². The minimum Gasteiger partial charge on any atom is -0.350 e. The molecule has 64 valence electrons. The molecule has 0 atom stereocenters. The topological polar surface area (TPSA) is 67.5 Å². The minimum absolute atomic E-state index is 0.614. The standard InChI is InChI=1S/C7H15N3O/c1-2-3-4-5-6-9-10-7(8)11/h6H,2-5H2,1H3,(H3,8,10,11). The fraction of sp³-hybridized carbons (Fsp3) is 0.714. The second kappa shape index (κ2) is 7.05. The SMILES string of the molecule is CCCCCC=NNC(N)=O. The number of hydrogen-bond acceptors (Lipinski definition) is 2. The van der Waals surface area contributed by atoms with Crippen LogP contribution in [0.5, 0.6) is 0 Å². The first-order valence-electron chi connectivity index (χ1n) is 3.84. The molecule has 0 heterocycles. The van der Waals surface area contributed by atoms with E-state index >= 15 is 0 Å². The Hall–Kier alpha value is -1.06. The maximum Gasteiger partial charge on any atom is 0.332 e. The molecule has 0 aromatic heterocycles. The van der Waals surface area contributed by atoms with Gasteiger partial charge in [0.05, 0.1) is 0 Å². The maximum absolute atomic E-state index is 10.1. The summed E-state index contributed by atoms with van der Waals surface area (Å²) in [6, 6.07) is -0.614. The van der Waals surface area contributed by atoms with Gasteiger partial charge in [0.1, 0.15) is 0 Å². The normalized spacial score (nSPS) is 10.3. The van der Waals surface area contributed by atoms with Gasteiger partial charge in [-0.3, -0.25) is 0 Å². The summed E-state index contributed by atoms with van der Waals surface area (Å²) in [6.07, 6.45) is 6.06. The monoisotopic (exact) mass is 157 g/mol. The van der Waals surface area contributed by atoms with Gasteiger partial charge in [-0.2, -0.15) is 5.10 Å². The highest BCUT2D eigenvalue weighted by atomic mass is 16.2. The van der Waals surface area contributed by atoms with Crippen molar-refractivity contribution in [2.75, 3.05) is 0 Å². The minimum atomic E-state index is -0.614. The number of hydrogen-bond donors (Lipinski definition) is 2. The Morgan fingerprint density at radius 3 is 2.91 bits per heavy atom. The molecule has 0 fully saturated rings. The molecular formula is C7H15N3O. The quantitative estimate of drug-likeness (QED) is 0.351. The van der Waals surface area contributed by atoms with Gasteiger partial charge in [-0.05, 0) is 12.8 Å². The van der Waals surface area contributed by atoms with Crippen LogP contribution in [0.1, 0.15) is 32.6 Å². The lowest BCUT2D eigenvalue weighted by Crippen LogP contribution is -2.24. The Morgan fingerprint density at radius 2 is 2.36 bits per heavy atom. The fourth-order valence-electron chi connectivity index (χ4n) is 0.659. The Balaban J connectivity index is 3.10. The van der Waals surface area contributed by atoms with E-state index in [0.29, 0.717) is 0 Å². The molecule has 0 aliphatic carbocycles. The van der Waals surface area contributed by atoms with Crippen LogP contribution in [0.2, 0.25) is 0 Å². The van der Waals surface area contributed by atoms with Gasteiger partial charge in [0.25, 0.3) is 0 Å². The third-order valence-corrected chi connectivity index (χ3v) is 1.20. The van der Waals surface area contributed by atoms with Crippen LogP contribution in [0.4, 0.5) is 4.79 Å². The number of hydrazone groups is 1. The average molecular weight is 157 g/mol. The zero-order chi connectivity index (χ0) is 8.53. The summed E-state index contributed by atoms with van der Waals surface area (Å²) in [6.45, 7) is 2.14. The fourth-order valence-corrected chi connectivity index (χ4v) is 0.659. The Labute approximate surface area is 66.8 Å². The summed E-state index contributed by atoms with van der Waals surface area (Å²) in [4.78, 5) is 10.1. The van der Waals surface area contributed by atoms with E-state index in [1.54, 1.807) is 6.21 Å². The van der Waals surface area contributed by atoms with Crippen LogP contribution in [0.3, 0.4) is 0 Å². The highest BCUT2D eigenvalue weighted by Gasteiger charge is 1.84. The number of nitrogens with zero attached hydrogens (tertiary/aromatic N) is 1. The lowest BCUT2D eigenvalue weighted by Gasteiger charge is -1.91. The van der Waals surface area contributed by atoms with Crippen LogP contribution in [-0.2, 0) is 0 Å². The van der Waals surface area contributed by atoms with Gasteiger partial charge in [-0.1, -0.05) is 19.8 Å². The smallest absolute Gasteiger partial charge is 0.332 e. The van der Waals surface area contributed by atoms with Gasteiger partial charge in [0, 0.05) is 6.21 Å². The van der Waals surface area contributed by atoms with Crippen LogP contribution in [-0.4, -0.2) is 12.2 Å². The van der Waals surface area contributed by atoms with Crippen LogP contribution in [0.15, 0.2) is 5.10 Å². The van der Waals surface area contributed by atoms with E-state index in [1.165, 1.54) is 12.8 Å². The van der Waals surface area contributed by atoms with Gasteiger partial charge >= 0.3 is 6.03 Å². The number of rotatable bonds is 5. The number of primary amides is 1. The molecule has 0 bridgehead atoms. The lowest BCUT2D eigenvalue weighted by molar-refractivity contribution is 0.249.